The van der Waals surface area contributed by atoms with E-state index in [1.54, 1.807) is 22.6 Å². The monoisotopic (exact) mass is 352 g/mol. The van der Waals surface area contributed by atoms with Gasteiger partial charge in [-0.25, -0.2) is 23.5 Å². The number of hydrogen-bond acceptors (Lipinski definition) is 6. The fourth-order valence-corrected chi connectivity index (χ4v) is 2.70. The van der Waals surface area contributed by atoms with Crippen LogP contribution < -0.4 is 5.56 Å². The molecule has 0 atom stereocenters. The van der Waals surface area contributed by atoms with Gasteiger partial charge in [0, 0.05) is 28.8 Å². The van der Waals surface area contributed by atoms with E-state index in [0.29, 0.717) is 0 Å². The summed E-state index contributed by atoms with van der Waals surface area (Å²) in [5, 5.41) is 5.37. The molecule has 0 radical (unpaired) electrons. The molecule has 0 amide bonds. The van der Waals surface area contributed by atoms with Crippen molar-refractivity contribution >= 4 is 43.3 Å². The van der Waals surface area contributed by atoms with Gasteiger partial charge < -0.3 is 0 Å². The first-order chi connectivity index (χ1) is 7.39. The highest BCUT2D eigenvalue weighted by atomic mass is 127. The molecule has 0 spiro atoms. The smallest absolute Gasteiger partial charge is 0.267 e. The summed E-state index contributed by atoms with van der Waals surface area (Å²) in [6.07, 6.45) is 2.28. The first-order valence-corrected chi connectivity index (χ1v) is 6.97. The molecule has 0 fully saturated rings. The van der Waals surface area contributed by atoms with Crippen LogP contribution in [-0.2, 0) is 9.84 Å². The van der Waals surface area contributed by atoms with Crippen molar-refractivity contribution in [2.45, 2.75) is 5.03 Å². The van der Waals surface area contributed by atoms with Gasteiger partial charge in [-0.15, -0.1) is 0 Å². The largest absolute Gasteiger partial charge is 0.276 e. The summed E-state index contributed by atoms with van der Waals surface area (Å²) in [4.78, 5) is 19.2. The Morgan fingerprint density at radius 1 is 1.38 bits per heavy atom. The van der Waals surface area contributed by atoms with Crippen LogP contribution >= 0.6 is 22.6 Å². The second-order valence-corrected chi connectivity index (χ2v) is 5.93. The van der Waals surface area contributed by atoms with Crippen molar-refractivity contribution in [2.75, 3.05) is 6.26 Å². The van der Waals surface area contributed by atoms with Crippen LogP contribution in [0.15, 0.2) is 16.0 Å². The molecule has 0 aliphatic carbocycles. The zero-order valence-electron chi connectivity index (χ0n) is 7.93. The molecular formula is C7H5IN4O3S. The molecule has 2 aromatic rings. The number of nitrogens with zero attached hydrogens (tertiary/aromatic N) is 3. The normalized spacial score (nSPS) is 11.9. The van der Waals surface area contributed by atoms with Gasteiger partial charge in [-0.1, -0.05) is 0 Å². The lowest BCUT2D eigenvalue weighted by Crippen LogP contribution is -2.15. The molecule has 2 heterocycles. The third-order valence-corrected chi connectivity index (χ3v) is 3.29. The predicted molar refractivity (Wildman–Crippen MR) is 63.8 cm³/mol. The van der Waals surface area contributed by atoms with Gasteiger partial charge in [0.15, 0.2) is 18.7 Å². The van der Waals surface area contributed by atoms with E-state index in [2.05, 4.69) is 20.2 Å². The Labute approximate surface area is 103 Å². The Kier molecular flexibility index (Phi) is 2.66. The molecule has 0 unspecified atom stereocenters. The Balaban J connectivity index is 3.09. The molecule has 0 saturated carbocycles. The second kappa shape index (κ2) is 3.73. The molecule has 9 heteroatoms. The first kappa shape index (κ1) is 11.4. The van der Waals surface area contributed by atoms with Gasteiger partial charge >= 0.3 is 0 Å². The summed E-state index contributed by atoms with van der Waals surface area (Å²) in [5.74, 6) is 0. The standard InChI is InChI=1S/C7H5IN4O3S/c1-16(14,15)6-4-3(10-7(8)11-6)2-9-12-5(4)13/h2H,1H3,(H,12,13). The highest BCUT2D eigenvalue weighted by Crippen LogP contribution is 2.16. The van der Waals surface area contributed by atoms with E-state index in [4.69, 9.17) is 0 Å². The fourth-order valence-electron chi connectivity index (χ4n) is 1.21. The van der Waals surface area contributed by atoms with E-state index >= 15 is 0 Å². The molecule has 0 aliphatic rings. The molecule has 7 nitrogen and oxygen atoms in total. The quantitative estimate of drug-likeness (QED) is 0.430. The van der Waals surface area contributed by atoms with E-state index in [1.165, 1.54) is 6.20 Å². The molecular weight excluding hydrogens is 347 g/mol. The average Bonchev–Trinajstić information content (AvgIpc) is 2.15. The van der Waals surface area contributed by atoms with Crippen molar-refractivity contribution in [3.8, 4) is 0 Å². The van der Waals surface area contributed by atoms with Gasteiger partial charge in [0.1, 0.15) is 10.9 Å². The maximum absolute atomic E-state index is 11.5. The maximum Gasteiger partial charge on any atom is 0.276 e. The summed E-state index contributed by atoms with van der Waals surface area (Å²) >= 11 is 1.78. The maximum atomic E-state index is 11.5. The lowest BCUT2D eigenvalue weighted by atomic mass is 10.3. The third-order valence-electron chi connectivity index (χ3n) is 1.81. The van der Waals surface area contributed by atoms with Crippen LogP contribution in [0, 0.1) is 3.83 Å². The number of rotatable bonds is 1. The van der Waals surface area contributed by atoms with Crippen molar-refractivity contribution in [3.05, 3.63) is 20.4 Å². The Hall–Kier alpha value is -1.10. The van der Waals surface area contributed by atoms with E-state index in [9.17, 15) is 13.2 Å². The SMILES string of the molecule is CS(=O)(=O)c1nc(I)nc2cn[nH]c(=O)c12. The molecule has 0 bridgehead atoms. The van der Waals surface area contributed by atoms with Crippen LogP contribution in [0.3, 0.4) is 0 Å². The number of fused-ring (bicyclic) bond motifs is 1. The van der Waals surface area contributed by atoms with Crippen LogP contribution in [0.4, 0.5) is 0 Å². The van der Waals surface area contributed by atoms with Gasteiger partial charge in [0.25, 0.3) is 5.56 Å². The number of nitrogens with one attached hydrogen (secondary N) is 1. The minimum Gasteiger partial charge on any atom is -0.267 e. The van der Waals surface area contributed by atoms with Gasteiger partial charge in [-0.05, 0) is 0 Å². The lowest BCUT2D eigenvalue weighted by molar-refractivity contribution is 0.598. The number of aromatic amines is 1. The van der Waals surface area contributed by atoms with Gasteiger partial charge in [-0.3, -0.25) is 4.79 Å². The first-order valence-electron chi connectivity index (χ1n) is 4.00. The molecule has 1 N–H and O–H groups in total. The van der Waals surface area contributed by atoms with Crippen molar-refractivity contribution in [1.82, 2.24) is 20.2 Å². The number of aromatic nitrogens is 4. The van der Waals surface area contributed by atoms with Crippen molar-refractivity contribution in [3.63, 3.8) is 0 Å². The van der Waals surface area contributed by atoms with Crippen LogP contribution in [0.25, 0.3) is 10.9 Å². The summed E-state index contributed by atoms with van der Waals surface area (Å²) in [6, 6.07) is 0. The second-order valence-electron chi connectivity index (χ2n) is 3.03. The predicted octanol–water partition coefficient (Wildman–Crippen LogP) is -0.279. The number of hydrogen-bond donors (Lipinski definition) is 1. The number of H-pyrrole nitrogens is 1. The fraction of sp³-hybridized carbons (Fsp3) is 0.143. The molecule has 84 valence electrons. The van der Waals surface area contributed by atoms with Crippen molar-refractivity contribution < 1.29 is 8.42 Å². The summed E-state index contributed by atoms with van der Waals surface area (Å²) < 4.78 is 23.2. The Bertz CT molecular complexity index is 724. The van der Waals surface area contributed by atoms with E-state index in [0.717, 1.165) is 6.26 Å². The zero-order valence-corrected chi connectivity index (χ0v) is 10.9. The summed E-state index contributed by atoms with van der Waals surface area (Å²) in [5.41, 5.74) is -0.405. The Morgan fingerprint density at radius 2 is 2.06 bits per heavy atom. The number of sulfone groups is 1. The zero-order chi connectivity index (χ0) is 11.9. The minimum atomic E-state index is -3.58. The summed E-state index contributed by atoms with van der Waals surface area (Å²) in [6.45, 7) is 0. The Morgan fingerprint density at radius 3 is 2.69 bits per heavy atom. The molecule has 0 saturated heterocycles. The molecule has 0 aromatic carbocycles. The molecule has 16 heavy (non-hydrogen) atoms. The van der Waals surface area contributed by atoms with Crippen LogP contribution in [0.5, 0.6) is 0 Å². The van der Waals surface area contributed by atoms with E-state index in [1.807, 2.05) is 0 Å². The highest BCUT2D eigenvalue weighted by Gasteiger charge is 2.18. The number of halogens is 1. The molecule has 2 aromatic heterocycles. The third kappa shape index (κ3) is 1.91. The minimum absolute atomic E-state index is 0.0575. The lowest BCUT2D eigenvalue weighted by Gasteiger charge is -2.02. The van der Waals surface area contributed by atoms with Gasteiger partial charge in [0.05, 0.1) is 6.20 Å². The van der Waals surface area contributed by atoms with Crippen LogP contribution in [0.1, 0.15) is 0 Å². The van der Waals surface area contributed by atoms with Crippen molar-refractivity contribution in [1.29, 1.82) is 0 Å². The van der Waals surface area contributed by atoms with Gasteiger partial charge in [-0.2, -0.15) is 5.10 Å². The van der Waals surface area contributed by atoms with Crippen LogP contribution in [-0.4, -0.2) is 34.8 Å². The highest BCUT2D eigenvalue weighted by molar-refractivity contribution is 14.1. The van der Waals surface area contributed by atoms with E-state index in [-0.39, 0.29) is 19.8 Å². The van der Waals surface area contributed by atoms with Gasteiger partial charge in [0.2, 0.25) is 0 Å². The van der Waals surface area contributed by atoms with E-state index < -0.39 is 15.4 Å². The molecule has 2 rings (SSSR count). The van der Waals surface area contributed by atoms with Crippen LogP contribution in [0.2, 0.25) is 0 Å². The topological polar surface area (TPSA) is 106 Å². The average molecular weight is 352 g/mol. The summed E-state index contributed by atoms with van der Waals surface area (Å²) in [7, 11) is -3.58. The van der Waals surface area contributed by atoms with Crippen molar-refractivity contribution in [2.24, 2.45) is 0 Å². The molecule has 0 aliphatic heterocycles.